The fourth-order valence-corrected chi connectivity index (χ4v) is 1.73. The molecule has 0 heterocycles. The zero-order valence-corrected chi connectivity index (χ0v) is 11.0. The Bertz CT molecular complexity index is 527. The molecular weight excluding hydrogens is 224 g/mol. The molecule has 2 aromatic rings. The first-order valence-electron chi connectivity index (χ1n) is 6.09. The highest BCUT2D eigenvalue weighted by Gasteiger charge is 2.02. The van der Waals surface area contributed by atoms with E-state index in [9.17, 15) is 5.11 Å². The zero-order valence-electron chi connectivity index (χ0n) is 11.0. The third kappa shape index (κ3) is 2.90. The second-order valence-electron chi connectivity index (χ2n) is 4.59. The zero-order chi connectivity index (χ0) is 13.1. The van der Waals surface area contributed by atoms with Gasteiger partial charge in [-0.1, -0.05) is 18.2 Å². The quantitative estimate of drug-likeness (QED) is 0.876. The second-order valence-corrected chi connectivity index (χ2v) is 4.59. The Labute approximate surface area is 108 Å². The third-order valence-electron chi connectivity index (χ3n) is 3.08. The third-order valence-corrected chi connectivity index (χ3v) is 3.08. The van der Waals surface area contributed by atoms with Crippen LogP contribution in [0.5, 0.6) is 11.5 Å². The summed E-state index contributed by atoms with van der Waals surface area (Å²) in [5, 5.41) is 9.43. The van der Waals surface area contributed by atoms with Gasteiger partial charge in [0.1, 0.15) is 11.5 Å². The predicted molar refractivity (Wildman–Crippen MR) is 73.1 cm³/mol. The molecule has 2 rings (SSSR count). The summed E-state index contributed by atoms with van der Waals surface area (Å²) in [4.78, 5) is 0. The highest BCUT2D eigenvalue weighted by atomic mass is 16.5. The molecule has 1 atom stereocenters. The summed E-state index contributed by atoms with van der Waals surface area (Å²) in [5.74, 6) is 1.62. The Morgan fingerprint density at radius 1 is 0.889 bits per heavy atom. The number of aliphatic hydroxyl groups is 1. The number of aryl methyl sites for hydroxylation is 2. The van der Waals surface area contributed by atoms with E-state index in [0.717, 1.165) is 17.1 Å². The summed E-state index contributed by atoms with van der Waals surface area (Å²) in [6.45, 7) is 5.90. The smallest absolute Gasteiger partial charge is 0.127 e. The normalized spacial score (nSPS) is 12.2. The van der Waals surface area contributed by atoms with E-state index < -0.39 is 6.10 Å². The molecule has 2 aromatic carbocycles. The summed E-state index contributed by atoms with van der Waals surface area (Å²) in [7, 11) is 0. The van der Waals surface area contributed by atoms with Gasteiger partial charge in [0.25, 0.3) is 0 Å². The molecule has 0 aromatic heterocycles. The van der Waals surface area contributed by atoms with Crippen LogP contribution in [0.3, 0.4) is 0 Å². The summed E-state index contributed by atoms with van der Waals surface area (Å²) in [6, 6.07) is 13.5. The lowest BCUT2D eigenvalue weighted by molar-refractivity contribution is 0.199. The van der Waals surface area contributed by atoms with Crippen LogP contribution in [-0.2, 0) is 0 Å². The van der Waals surface area contributed by atoms with Gasteiger partial charge >= 0.3 is 0 Å². The number of ether oxygens (including phenoxy) is 1. The van der Waals surface area contributed by atoms with Gasteiger partial charge < -0.3 is 9.84 Å². The number of hydrogen-bond acceptors (Lipinski definition) is 2. The number of aliphatic hydroxyl groups excluding tert-OH is 1. The van der Waals surface area contributed by atoms with Crippen molar-refractivity contribution in [1.82, 2.24) is 0 Å². The van der Waals surface area contributed by atoms with Gasteiger partial charge in [0.05, 0.1) is 6.10 Å². The molecule has 0 saturated carbocycles. The maximum Gasteiger partial charge on any atom is 0.127 e. The van der Waals surface area contributed by atoms with Crippen LogP contribution in [0.2, 0.25) is 0 Å². The van der Waals surface area contributed by atoms with E-state index in [4.69, 9.17) is 4.74 Å². The molecule has 0 spiro atoms. The number of benzene rings is 2. The van der Waals surface area contributed by atoms with Crippen molar-refractivity contribution in [2.75, 3.05) is 0 Å². The molecule has 0 unspecified atom stereocenters. The van der Waals surface area contributed by atoms with Gasteiger partial charge in [-0.15, -0.1) is 0 Å². The predicted octanol–water partition coefficient (Wildman–Crippen LogP) is 4.15. The Balaban J connectivity index is 2.15. The minimum Gasteiger partial charge on any atom is -0.457 e. The van der Waals surface area contributed by atoms with Gasteiger partial charge in [-0.25, -0.2) is 0 Å². The van der Waals surface area contributed by atoms with E-state index in [2.05, 4.69) is 19.9 Å². The van der Waals surface area contributed by atoms with Gasteiger partial charge in [-0.05, 0) is 61.7 Å². The molecule has 0 aliphatic carbocycles. The van der Waals surface area contributed by atoms with Crippen molar-refractivity contribution in [3.8, 4) is 11.5 Å². The SMILES string of the molecule is Cc1ccc(Oc2ccc([C@H](C)O)cc2)cc1C. The average Bonchev–Trinajstić information content (AvgIpc) is 2.34. The largest absolute Gasteiger partial charge is 0.457 e. The topological polar surface area (TPSA) is 29.5 Å². The van der Waals surface area contributed by atoms with Gasteiger partial charge in [0.2, 0.25) is 0 Å². The molecule has 0 amide bonds. The Hall–Kier alpha value is -1.80. The van der Waals surface area contributed by atoms with Crippen molar-refractivity contribution in [2.45, 2.75) is 26.9 Å². The molecule has 0 radical (unpaired) electrons. The Kier molecular flexibility index (Phi) is 3.68. The van der Waals surface area contributed by atoms with Crippen LogP contribution < -0.4 is 4.74 Å². The van der Waals surface area contributed by atoms with Gasteiger partial charge in [0.15, 0.2) is 0 Å². The molecule has 0 aliphatic heterocycles. The molecule has 2 nitrogen and oxygen atoms in total. The van der Waals surface area contributed by atoms with Crippen molar-refractivity contribution in [2.24, 2.45) is 0 Å². The Morgan fingerprint density at radius 2 is 1.50 bits per heavy atom. The second kappa shape index (κ2) is 5.23. The molecule has 94 valence electrons. The average molecular weight is 242 g/mol. The van der Waals surface area contributed by atoms with E-state index in [1.165, 1.54) is 11.1 Å². The lowest BCUT2D eigenvalue weighted by Crippen LogP contribution is -1.91. The van der Waals surface area contributed by atoms with Crippen molar-refractivity contribution in [3.05, 3.63) is 59.2 Å². The molecule has 0 aliphatic rings. The summed E-state index contributed by atoms with van der Waals surface area (Å²) >= 11 is 0. The molecule has 0 bridgehead atoms. The van der Waals surface area contributed by atoms with Crippen molar-refractivity contribution < 1.29 is 9.84 Å². The van der Waals surface area contributed by atoms with E-state index in [-0.39, 0.29) is 0 Å². The lowest BCUT2D eigenvalue weighted by Gasteiger charge is -2.09. The van der Waals surface area contributed by atoms with Crippen molar-refractivity contribution in [3.63, 3.8) is 0 Å². The van der Waals surface area contributed by atoms with Crippen LogP contribution >= 0.6 is 0 Å². The lowest BCUT2D eigenvalue weighted by atomic mass is 10.1. The standard InChI is InChI=1S/C16H18O2/c1-11-4-7-16(10-12(11)2)18-15-8-5-14(6-9-15)13(3)17/h4-10,13,17H,1-3H3/t13-/m0/s1. The molecule has 0 saturated heterocycles. The van der Waals surface area contributed by atoms with Crippen LogP contribution in [-0.4, -0.2) is 5.11 Å². The van der Waals surface area contributed by atoms with Crippen LogP contribution in [0.4, 0.5) is 0 Å². The first kappa shape index (κ1) is 12.7. The Morgan fingerprint density at radius 3 is 2.06 bits per heavy atom. The summed E-state index contributed by atoms with van der Waals surface area (Å²) in [6.07, 6.45) is -0.444. The summed E-state index contributed by atoms with van der Waals surface area (Å²) < 4.78 is 5.77. The van der Waals surface area contributed by atoms with E-state index in [0.29, 0.717) is 0 Å². The van der Waals surface area contributed by atoms with E-state index >= 15 is 0 Å². The minimum absolute atomic E-state index is 0.444. The van der Waals surface area contributed by atoms with Crippen LogP contribution in [0.1, 0.15) is 29.7 Å². The van der Waals surface area contributed by atoms with Crippen LogP contribution in [0, 0.1) is 13.8 Å². The van der Waals surface area contributed by atoms with Gasteiger partial charge in [-0.2, -0.15) is 0 Å². The maximum absolute atomic E-state index is 9.43. The van der Waals surface area contributed by atoms with Crippen LogP contribution in [0.15, 0.2) is 42.5 Å². The van der Waals surface area contributed by atoms with Gasteiger partial charge in [0, 0.05) is 0 Å². The van der Waals surface area contributed by atoms with Crippen molar-refractivity contribution in [1.29, 1.82) is 0 Å². The maximum atomic E-state index is 9.43. The molecule has 0 fully saturated rings. The highest BCUT2D eigenvalue weighted by molar-refractivity contribution is 5.38. The molecule has 1 N–H and O–H groups in total. The fraction of sp³-hybridized carbons (Fsp3) is 0.250. The molecule has 18 heavy (non-hydrogen) atoms. The fourth-order valence-electron chi connectivity index (χ4n) is 1.73. The summed E-state index contributed by atoms with van der Waals surface area (Å²) in [5.41, 5.74) is 3.36. The van der Waals surface area contributed by atoms with E-state index in [1.807, 2.05) is 36.4 Å². The number of rotatable bonds is 3. The first-order valence-corrected chi connectivity index (χ1v) is 6.09. The number of hydrogen-bond donors (Lipinski definition) is 1. The first-order chi connectivity index (χ1) is 8.56. The highest BCUT2D eigenvalue weighted by Crippen LogP contribution is 2.25. The van der Waals surface area contributed by atoms with E-state index in [1.54, 1.807) is 6.92 Å². The minimum atomic E-state index is -0.444. The van der Waals surface area contributed by atoms with Crippen LogP contribution in [0.25, 0.3) is 0 Å². The van der Waals surface area contributed by atoms with Gasteiger partial charge in [-0.3, -0.25) is 0 Å². The molecular formula is C16H18O2. The molecule has 2 heteroatoms. The van der Waals surface area contributed by atoms with Crippen molar-refractivity contribution >= 4 is 0 Å². The monoisotopic (exact) mass is 242 g/mol.